The van der Waals surface area contributed by atoms with Crippen molar-refractivity contribution in [2.45, 2.75) is 6.92 Å². The van der Waals surface area contributed by atoms with E-state index >= 15 is 0 Å². The van der Waals surface area contributed by atoms with Crippen LogP contribution in [-0.4, -0.2) is 48.5 Å². The van der Waals surface area contributed by atoms with Gasteiger partial charge in [-0.05, 0) is 46.7 Å². The molecular formula is C18H20BrClN4O. The van der Waals surface area contributed by atoms with Gasteiger partial charge < -0.3 is 15.1 Å². The van der Waals surface area contributed by atoms with Gasteiger partial charge in [-0.15, -0.1) is 0 Å². The zero-order valence-corrected chi connectivity index (χ0v) is 16.3. The highest BCUT2D eigenvalue weighted by Crippen LogP contribution is 2.30. The van der Waals surface area contributed by atoms with Crippen LogP contribution in [0.4, 0.5) is 11.4 Å². The minimum atomic E-state index is -0.214. The molecule has 1 N–H and O–H groups in total. The number of carbonyl (C=O) groups excluding carboxylic acids is 1. The second-order valence-electron chi connectivity index (χ2n) is 5.93. The van der Waals surface area contributed by atoms with Crippen LogP contribution >= 0.6 is 27.5 Å². The third kappa shape index (κ3) is 4.51. The maximum Gasteiger partial charge on any atom is 0.257 e. The number of piperazine rings is 1. The minimum Gasteiger partial charge on any atom is -0.368 e. The Balaban J connectivity index is 1.69. The summed E-state index contributed by atoms with van der Waals surface area (Å²) in [6.45, 7) is 7.27. The van der Waals surface area contributed by atoms with E-state index in [1.54, 1.807) is 18.3 Å². The number of pyridine rings is 1. The first-order valence-corrected chi connectivity index (χ1v) is 9.42. The molecule has 1 aromatic heterocycles. The molecular weight excluding hydrogens is 404 g/mol. The van der Waals surface area contributed by atoms with Crippen LogP contribution in [0.5, 0.6) is 0 Å². The Kier molecular flexibility index (Phi) is 5.93. The zero-order chi connectivity index (χ0) is 17.8. The van der Waals surface area contributed by atoms with E-state index in [4.69, 9.17) is 11.6 Å². The van der Waals surface area contributed by atoms with Crippen molar-refractivity contribution in [1.82, 2.24) is 9.88 Å². The molecule has 0 atom stereocenters. The largest absolute Gasteiger partial charge is 0.368 e. The Morgan fingerprint density at radius 3 is 2.64 bits per heavy atom. The van der Waals surface area contributed by atoms with Crippen molar-refractivity contribution in [2.75, 3.05) is 42.9 Å². The van der Waals surface area contributed by atoms with Gasteiger partial charge in [0, 0.05) is 48.7 Å². The lowest BCUT2D eigenvalue weighted by Crippen LogP contribution is -2.46. The number of rotatable bonds is 4. The number of nitrogens with zero attached hydrogens (tertiary/aromatic N) is 3. The summed E-state index contributed by atoms with van der Waals surface area (Å²) in [5, 5.41) is 3.51. The van der Waals surface area contributed by atoms with Crippen LogP contribution in [0.1, 0.15) is 17.3 Å². The highest BCUT2D eigenvalue weighted by molar-refractivity contribution is 9.10. The average molecular weight is 424 g/mol. The maximum atomic E-state index is 12.3. The van der Waals surface area contributed by atoms with Crippen molar-refractivity contribution < 1.29 is 4.79 Å². The Morgan fingerprint density at radius 2 is 2.00 bits per heavy atom. The van der Waals surface area contributed by atoms with Crippen molar-refractivity contribution in [3.8, 4) is 0 Å². The van der Waals surface area contributed by atoms with Crippen molar-refractivity contribution in [3.05, 3.63) is 51.7 Å². The van der Waals surface area contributed by atoms with Crippen LogP contribution in [0.25, 0.3) is 0 Å². The van der Waals surface area contributed by atoms with E-state index < -0.39 is 0 Å². The fraction of sp³-hybridized carbons (Fsp3) is 0.333. The lowest BCUT2D eigenvalue weighted by atomic mass is 10.2. The smallest absolute Gasteiger partial charge is 0.257 e. The fourth-order valence-corrected chi connectivity index (χ4v) is 3.55. The predicted octanol–water partition coefficient (Wildman–Crippen LogP) is 3.89. The number of nitrogens with one attached hydrogen (secondary N) is 1. The lowest BCUT2D eigenvalue weighted by Gasteiger charge is -2.36. The molecule has 0 spiro atoms. The van der Waals surface area contributed by atoms with Gasteiger partial charge in [0.15, 0.2) is 0 Å². The molecule has 1 aliphatic heterocycles. The molecule has 0 aliphatic carbocycles. The molecule has 7 heteroatoms. The Morgan fingerprint density at radius 1 is 1.24 bits per heavy atom. The van der Waals surface area contributed by atoms with Gasteiger partial charge in [0.05, 0.1) is 16.3 Å². The van der Waals surface area contributed by atoms with Crippen molar-refractivity contribution in [2.24, 2.45) is 0 Å². The SMILES string of the molecule is CCN1CCN(c2ccc(NC(=O)c3cncc(Br)c3)cc2Cl)CC1. The van der Waals surface area contributed by atoms with E-state index in [9.17, 15) is 4.79 Å². The second-order valence-corrected chi connectivity index (χ2v) is 7.26. The summed E-state index contributed by atoms with van der Waals surface area (Å²) >= 11 is 9.78. The Bertz CT molecular complexity index is 762. The highest BCUT2D eigenvalue weighted by Gasteiger charge is 2.18. The molecule has 3 rings (SSSR count). The third-order valence-corrected chi connectivity index (χ3v) is 5.07. The van der Waals surface area contributed by atoms with Gasteiger partial charge in [-0.2, -0.15) is 0 Å². The molecule has 25 heavy (non-hydrogen) atoms. The quantitative estimate of drug-likeness (QED) is 0.810. The monoisotopic (exact) mass is 422 g/mol. The van der Waals surface area contributed by atoms with Crippen LogP contribution in [0, 0.1) is 0 Å². The van der Waals surface area contributed by atoms with Gasteiger partial charge >= 0.3 is 0 Å². The predicted molar refractivity (Wildman–Crippen MR) is 106 cm³/mol. The van der Waals surface area contributed by atoms with Gasteiger partial charge in [0.25, 0.3) is 5.91 Å². The molecule has 1 aromatic carbocycles. The van der Waals surface area contributed by atoms with E-state index in [-0.39, 0.29) is 5.91 Å². The van der Waals surface area contributed by atoms with Crippen molar-refractivity contribution >= 4 is 44.8 Å². The minimum absolute atomic E-state index is 0.214. The van der Waals surface area contributed by atoms with E-state index in [1.165, 1.54) is 6.20 Å². The molecule has 5 nitrogen and oxygen atoms in total. The zero-order valence-electron chi connectivity index (χ0n) is 14.0. The van der Waals surface area contributed by atoms with Gasteiger partial charge in [0.1, 0.15) is 0 Å². The van der Waals surface area contributed by atoms with E-state index in [2.05, 4.69) is 43.0 Å². The van der Waals surface area contributed by atoms with Crippen LogP contribution in [-0.2, 0) is 0 Å². The summed E-state index contributed by atoms with van der Waals surface area (Å²) in [4.78, 5) is 21.0. The average Bonchev–Trinajstić information content (AvgIpc) is 2.62. The number of anilines is 2. The summed E-state index contributed by atoms with van der Waals surface area (Å²) < 4.78 is 0.764. The first-order valence-electron chi connectivity index (χ1n) is 8.25. The summed E-state index contributed by atoms with van der Waals surface area (Å²) in [5.74, 6) is -0.214. The van der Waals surface area contributed by atoms with Crippen LogP contribution in [0.15, 0.2) is 41.1 Å². The van der Waals surface area contributed by atoms with E-state index in [0.29, 0.717) is 16.3 Å². The first-order chi connectivity index (χ1) is 12.1. The van der Waals surface area contributed by atoms with Gasteiger partial charge in [-0.25, -0.2) is 0 Å². The first kappa shape index (κ1) is 18.2. The molecule has 1 aliphatic rings. The number of hydrogen-bond donors (Lipinski definition) is 1. The summed E-state index contributed by atoms with van der Waals surface area (Å²) in [7, 11) is 0. The second kappa shape index (κ2) is 8.17. The number of aromatic nitrogens is 1. The molecule has 1 saturated heterocycles. The molecule has 132 valence electrons. The Labute approximate surface area is 161 Å². The summed E-state index contributed by atoms with van der Waals surface area (Å²) in [6, 6.07) is 7.38. The topological polar surface area (TPSA) is 48.5 Å². The number of hydrogen-bond acceptors (Lipinski definition) is 4. The molecule has 0 saturated carbocycles. The summed E-state index contributed by atoms with van der Waals surface area (Å²) in [6.07, 6.45) is 3.17. The molecule has 1 fully saturated rings. The number of amides is 1. The van der Waals surface area contributed by atoms with Gasteiger partial charge in [-0.1, -0.05) is 18.5 Å². The number of likely N-dealkylation sites (N-methyl/N-ethyl adjacent to an activating group) is 1. The van der Waals surface area contributed by atoms with Crippen LogP contribution in [0.2, 0.25) is 5.02 Å². The molecule has 1 amide bonds. The fourth-order valence-electron chi connectivity index (χ4n) is 2.89. The maximum absolute atomic E-state index is 12.3. The van der Waals surface area contributed by atoms with Crippen LogP contribution < -0.4 is 10.2 Å². The normalized spacial score (nSPS) is 15.2. The standard InChI is InChI=1S/C18H20BrClN4O/c1-2-23-5-7-24(8-6-23)17-4-3-15(10-16(17)20)22-18(25)13-9-14(19)12-21-11-13/h3-4,9-12H,2,5-8H2,1H3,(H,22,25). The van der Waals surface area contributed by atoms with Crippen molar-refractivity contribution in [3.63, 3.8) is 0 Å². The van der Waals surface area contributed by atoms with Crippen LogP contribution in [0.3, 0.4) is 0 Å². The molecule has 2 heterocycles. The summed E-state index contributed by atoms with van der Waals surface area (Å²) in [5.41, 5.74) is 2.18. The molecule has 2 aromatic rings. The molecule has 0 bridgehead atoms. The number of halogens is 2. The molecule has 0 unspecified atom stereocenters. The lowest BCUT2D eigenvalue weighted by molar-refractivity contribution is 0.102. The van der Waals surface area contributed by atoms with E-state index in [0.717, 1.165) is 42.9 Å². The number of benzene rings is 1. The molecule has 0 radical (unpaired) electrons. The Hall–Kier alpha value is -1.63. The highest BCUT2D eigenvalue weighted by atomic mass is 79.9. The number of carbonyl (C=O) groups is 1. The van der Waals surface area contributed by atoms with Gasteiger partial charge in [0.2, 0.25) is 0 Å². The van der Waals surface area contributed by atoms with E-state index in [1.807, 2.05) is 12.1 Å². The van der Waals surface area contributed by atoms with Crippen molar-refractivity contribution in [1.29, 1.82) is 0 Å². The van der Waals surface area contributed by atoms with Gasteiger partial charge in [-0.3, -0.25) is 9.78 Å². The third-order valence-electron chi connectivity index (χ3n) is 4.33.